The molecule has 7 heteroatoms. The quantitative estimate of drug-likeness (QED) is 0.349. The van der Waals surface area contributed by atoms with E-state index in [1.165, 1.54) is 16.9 Å². The number of carbonyl (C=O) groups excluding carboxylic acids is 2. The van der Waals surface area contributed by atoms with Crippen molar-refractivity contribution in [2.24, 2.45) is 5.73 Å². The molecule has 2 heterocycles. The number of thiophene rings is 1. The Balaban J connectivity index is 1.46. The molecule has 4 aromatic rings. The summed E-state index contributed by atoms with van der Waals surface area (Å²) in [6.45, 7) is 2.05. The maximum Gasteiger partial charge on any atom is 0.251 e. The van der Waals surface area contributed by atoms with Gasteiger partial charge in [0, 0.05) is 10.4 Å². The van der Waals surface area contributed by atoms with E-state index in [2.05, 4.69) is 36.5 Å². The van der Waals surface area contributed by atoms with Gasteiger partial charge < -0.3 is 11.1 Å². The summed E-state index contributed by atoms with van der Waals surface area (Å²) in [5.41, 5.74) is 11.2. The molecule has 1 aliphatic rings. The first kappa shape index (κ1) is 22.5. The number of nitrogens with one attached hydrogen (secondary N) is 1. The molecule has 0 aliphatic heterocycles. The normalized spacial score (nSPS) is 12.9. The first-order valence-corrected chi connectivity index (χ1v) is 13.0. The Morgan fingerprint density at radius 1 is 0.971 bits per heavy atom. The van der Waals surface area contributed by atoms with Gasteiger partial charge in [-0.3, -0.25) is 9.59 Å². The minimum atomic E-state index is -0.477. The molecule has 2 amide bonds. The maximum atomic E-state index is 13.2. The number of aromatic nitrogens is 1. The molecule has 34 heavy (non-hydrogen) atoms. The van der Waals surface area contributed by atoms with E-state index in [4.69, 9.17) is 10.7 Å². The third-order valence-electron chi connectivity index (χ3n) is 6.03. The fourth-order valence-corrected chi connectivity index (χ4v) is 6.75. The maximum absolute atomic E-state index is 13.2. The zero-order chi connectivity index (χ0) is 23.7. The molecule has 5 nitrogen and oxygen atoms in total. The van der Waals surface area contributed by atoms with E-state index in [0.29, 0.717) is 10.6 Å². The number of aryl methyl sites for hydroxylation is 2. The lowest BCUT2D eigenvalue weighted by molar-refractivity contribution is -0.115. The highest BCUT2D eigenvalue weighted by molar-refractivity contribution is 7.18. The number of thiazole rings is 1. The molecule has 0 spiro atoms. The van der Waals surface area contributed by atoms with E-state index in [1.54, 1.807) is 11.3 Å². The Labute approximate surface area is 206 Å². The molecule has 0 unspecified atom stereocenters. The summed E-state index contributed by atoms with van der Waals surface area (Å²) in [6, 6.07) is 18.3. The molecular formula is C27H25N3O2S2. The lowest BCUT2D eigenvalue weighted by Gasteiger charge is -2.11. The Morgan fingerprint density at radius 3 is 2.44 bits per heavy atom. The van der Waals surface area contributed by atoms with Crippen molar-refractivity contribution < 1.29 is 9.59 Å². The van der Waals surface area contributed by atoms with Crippen molar-refractivity contribution in [3.05, 3.63) is 81.9 Å². The number of amides is 2. The van der Waals surface area contributed by atoms with E-state index in [1.807, 2.05) is 30.3 Å². The number of hydrogen-bond donors (Lipinski definition) is 2. The molecule has 0 saturated carbocycles. The summed E-state index contributed by atoms with van der Waals surface area (Å²) < 4.78 is 0. The van der Waals surface area contributed by atoms with Crippen LogP contribution in [0, 0.1) is 6.92 Å². The SMILES string of the molecule is Cc1ccc(-c2sc(-c3ccccc3)nc2CC(=O)Nc2sc3c(c2C(N)=O)CCCC3)cc1. The number of nitrogens with two attached hydrogens (primary N) is 1. The number of fused-ring (bicyclic) bond motifs is 1. The van der Waals surface area contributed by atoms with Gasteiger partial charge in [0.2, 0.25) is 5.91 Å². The molecule has 0 saturated heterocycles. The molecule has 3 N–H and O–H groups in total. The van der Waals surface area contributed by atoms with Gasteiger partial charge in [0.05, 0.1) is 22.6 Å². The van der Waals surface area contributed by atoms with Gasteiger partial charge in [-0.25, -0.2) is 4.98 Å². The van der Waals surface area contributed by atoms with Crippen LogP contribution in [0.3, 0.4) is 0 Å². The summed E-state index contributed by atoms with van der Waals surface area (Å²) in [7, 11) is 0. The van der Waals surface area contributed by atoms with Crippen molar-refractivity contribution >= 4 is 39.5 Å². The third-order valence-corrected chi connectivity index (χ3v) is 8.43. The van der Waals surface area contributed by atoms with Crippen molar-refractivity contribution in [1.29, 1.82) is 0 Å². The smallest absolute Gasteiger partial charge is 0.251 e. The van der Waals surface area contributed by atoms with Gasteiger partial charge in [0.15, 0.2) is 0 Å². The average Bonchev–Trinajstić information content (AvgIpc) is 3.41. The van der Waals surface area contributed by atoms with E-state index >= 15 is 0 Å². The minimum Gasteiger partial charge on any atom is -0.365 e. The highest BCUT2D eigenvalue weighted by Gasteiger charge is 2.25. The Kier molecular flexibility index (Phi) is 6.30. The van der Waals surface area contributed by atoms with Crippen molar-refractivity contribution in [3.8, 4) is 21.0 Å². The van der Waals surface area contributed by atoms with Gasteiger partial charge in [-0.2, -0.15) is 0 Å². The Hall–Kier alpha value is -3.29. The molecule has 5 rings (SSSR count). The summed E-state index contributed by atoms with van der Waals surface area (Å²) in [5.74, 6) is -0.672. The van der Waals surface area contributed by atoms with Crippen LogP contribution in [-0.4, -0.2) is 16.8 Å². The van der Waals surface area contributed by atoms with Crippen LogP contribution in [0.25, 0.3) is 21.0 Å². The number of nitrogens with zero attached hydrogens (tertiary/aromatic N) is 1. The van der Waals surface area contributed by atoms with Crippen molar-refractivity contribution in [3.63, 3.8) is 0 Å². The molecule has 0 atom stereocenters. The molecule has 0 bridgehead atoms. The van der Waals surface area contributed by atoms with Crippen LogP contribution in [0.4, 0.5) is 5.00 Å². The van der Waals surface area contributed by atoms with Crippen LogP contribution in [0.5, 0.6) is 0 Å². The zero-order valence-electron chi connectivity index (χ0n) is 18.9. The molecule has 0 fully saturated rings. The van der Waals surface area contributed by atoms with Gasteiger partial charge >= 0.3 is 0 Å². The second-order valence-corrected chi connectivity index (χ2v) is 10.6. The van der Waals surface area contributed by atoms with Gasteiger partial charge in [-0.05, 0) is 43.7 Å². The van der Waals surface area contributed by atoms with Crippen LogP contribution < -0.4 is 11.1 Å². The monoisotopic (exact) mass is 487 g/mol. The Bertz CT molecular complexity index is 1350. The number of primary amides is 1. The summed E-state index contributed by atoms with van der Waals surface area (Å²) in [4.78, 5) is 32.3. The van der Waals surface area contributed by atoms with Crippen LogP contribution in [-0.2, 0) is 24.1 Å². The lowest BCUT2D eigenvalue weighted by atomic mass is 9.95. The first-order valence-electron chi connectivity index (χ1n) is 11.4. The highest BCUT2D eigenvalue weighted by atomic mass is 32.1. The second-order valence-electron chi connectivity index (χ2n) is 8.53. The summed E-state index contributed by atoms with van der Waals surface area (Å²) >= 11 is 3.07. The lowest BCUT2D eigenvalue weighted by Crippen LogP contribution is -2.19. The molecular weight excluding hydrogens is 462 g/mol. The van der Waals surface area contributed by atoms with E-state index in [9.17, 15) is 9.59 Å². The first-order chi connectivity index (χ1) is 16.5. The number of hydrogen-bond acceptors (Lipinski definition) is 5. The predicted octanol–water partition coefficient (Wildman–Crippen LogP) is 6.01. The van der Waals surface area contributed by atoms with E-state index < -0.39 is 5.91 Å². The van der Waals surface area contributed by atoms with Crippen LogP contribution in [0.2, 0.25) is 0 Å². The van der Waals surface area contributed by atoms with Crippen molar-refractivity contribution in [2.45, 2.75) is 39.0 Å². The van der Waals surface area contributed by atoms with Crippen molar-refractivity contribution in [1.82, 2.24) is 4.98 Å². The molecule has 172 valence electrons. The Morgan fingerprint density at radius 2 is 1.71 bits per heavy atom. The molecule has 2 aromatic heterocycles. The molecule has 0 radical (unpaired) electrons. The van der Waals surface area contributed by atoms with E-state index in [-0.39, 0.29) is 12.3 Å². The number of benzene rings is 2. The van der Waals surface area contributed by atoms with Crippen LogP contribution in [0.1, 0.15) is 44.9 Å². The average molecular weight is 488 g/mol. The minimum absolute atomic E-state index is 0.118. The summed E-state index contributed by atoms with van der Waals surface area (Å²) in [6.07, 6.45) is 4.02. The van der Waals surface area contributed by atoms with E-state index in [0.717, 1.165) is 62.8 Å². The number of carbonyl (C=O) groups is 2. The highest BCUT2D eigenvalue weighted by Crippen LogP contribution is 2.39. The zero-order valence-corrected chi connectivity index (χ0v) is 20.5. The van der Waals surface area contributed by atoms with Crippen molar-refractivity contribution in [2.75, 3.05) is 5.32 Å². The van der Waals surface area contributed by atoms with Gasteiger partial charge in [0.25, 0.3) is 5.91 Å². The van der Waals surface area contributed by atoms with Crippen LogP contribution in [0.15, 0.2) is 54.6 Å². The molecule has 2 aromatic carbocycles. The largest absolute Gasteiger partial charge is 0.365 e. The standard InChI is InChI=1S/C27H25N3O2S2/c1-16-11-13-17(14-12-16)24-20(29-26(34-24)18-7-3-2-4-8-18)15-22(31)30-27-23(25(28)32)19-9-5-6-10-21(19)33-27/h2-4,7-8,11-14H,5-6,9-10,15H2,1H3,(H2,28,32)(H,30,31). The van der Waals surface area contributed by atoms with Gasteiger partial charge in [-0.15, -0.1) is 22.7 Å². The fourth-order valence-electron chi connectivity index (χ4n) is 4.34. The predicted molar refractivity (Wildman–Crippen MR) is 140 cm³/mol. The fraction of sp³-hybridized carbons (Fsp3) is 0.222. The van der Waals surface area contributed by atoms with Gasteiger partial charge in [0.1, 0.15) is 10.0 Å². The van der Waals surface area contributed by atoms with Gasteiger partial charge in [-0.1, -0.05) is 60.2 Å². The third kappa shape index (κ3) is 4.54. The summed E-state index contributed by atoms with van der Waals surface area (Å²) in [5, 5.41) is 4.43. The van der Waals surface area contributed by atoms with Crippen LogP contribution >= 0.6 is 22.7 Å². The number of anilines is 1. The molecule has 1 aliphatic carbocycles. The second kappa shape index (κ2) is 9.52. The number of rotatable bonds is 6. The topological polar surface area (TPSA) is 85.1 Å².